The number of carbonyl (C=O) groups is 2. The highest BCUT2D eigenvalue weighted by molar-refractivity contribution is 5.87. The van der Waals surface area contributed by atoms with Crippen LogP contribution in [0.3, 0.4) is 0 Å². The summed E-state index contributed by atoms with van der Waals surface area (Å²) >= 11 is 0. The minimum Gasteiger partial charge on any atom is -0.368 e. The fraction of sp³-hybridized carbons (Fsp3) is 0.190. The van der Waals surface area contributed by atoms with Gasteiger partial charge in [-0.1, -0.05) is 36.4 Å². The molecule has 0 saturated heterocycles. The number of benzene rings is 2. The van der Waals surface area contributed by atoms with E-state index in [0.29, 0.717) is 11.3 Å². The van der Waals surface area contributed by atoms with Crippen molar-refractivity contribution < 1.29 is 22.8 Å². The molecule has 0 unspecified atom stereocenters. The van der Waals surface area contributed by atoms with Crippen LogP contribution in [-0.2, 0) is 28.6 Å². The number of halogens is 3. The molecule has 0 saturated carbocycles. The quantitative estimate of drug-likeness (QED) is 0.666. The fourth-order valence-electron chi connectivity index (χ4n) is 2.90. The van der Waals surface area contributed by atoms with Crippen molar-refractivity contribution in [2.75, 3.05) is 0 Å². The largest absolute Gasteiger partial charge is 0.416 e. The van der Waals surface area contributed by atoms with Gasteiger partial charge in [-0.2, -0.15) is 13.2 Å². The van der Waals surface area contributed by atoms with Crippen LogP contribution in [0.15, 0.2) is 60.7 Å². The summed E-state index contributed by atoms with van der Waals surface area (Å²) in [7, 11) is 0. The van der Waals surface area contributed by atoms with Crippen LogP contribution in [-0.4, -0.2) is 22.8 Å². The molecule has 0 radical (unpaired) electrons. The number of aromatic nitrogens is 1. The lowest BCUT2D eigenvalue weighted by molar-refractivity contribution is -0.137. The Morgan fingerprint density at radius 2 is 1.69 bits per heavy atom. The molecular formula is C21H18F3N3O2. The number of alkyl halides is 3. The average molecular weight is 401 g/mol. The van der Waals surface area contributed by atoms with Crippen molar-refractivity contribution in [3.05, 3.63) is 77.5 Å². The van der Waals surface area contributed by atoms with Gasteiger partial charge < -0.3 is 11.1 Å². The standard InChI is InChI=1S/C21H18F3N3O2/c22-21(23,24)15-8-5-13(6-9-15)11-19(28)27-18(20(25)29)12-16-10-7-14-3-1-2-4-17(14)26-16/h1-10,18H,11-12H2,(H2,25,29)(H,27,28)/t18-/m0/s1. The van der Waals surface area contributed by atoms with E-state index >= 15 is 0 Å². The highest BCUT2D eigenvalue weighted by Crippen LogP contribution is 2.29. The van der Waals surface area contributed by atoms with E-state index in [9.17, 15) is 22.8 Å². The summed E-state index contributed by atoms with van der Waals surface area (Å²) in [5.41, 5.74) is 6.34. The van der Waals surface area contributed by atoms with E-state index in [0.717, 1.165) is 23.0 Å². The normalized spacial score (nSPS) is 12.5. The molecule has 1 aromatic heterocycles. The number of hydrogen-bond donors (Lipinski definition) is 2. The molecule has 8 heteroatoms. The molecule has 0 aliphatic rings. The lowest BCUT2D eigenvalue weighted by Gasteiger charge is -2.16. The van der Waals surface area contributed by atoms with Gasteiger partial charge in [-0.25, -0.2) is 0 Å². The Morgan fingerprint density at radius 3 is 2.34 bits per heavy atom. The summed E-state index contributed by atoms with van der Waals surface area (Å²) in [5.74, 6) is -1.24. The van der Waals surface area contributed by atoms with E-state index in [1.807, 2.05) is 30.3 Å². The van der Waals surface area contributed by atoms with Gasteiger partial charge >= 0.3 is 6.18 Å². The van der Waals surface area contributed by atoms with Crippen molar-refractivity contribution in [2.24, 2.45) is 5.73 Å². The summed E-state index contributed by atoms with van der Waals surface area (Å²) in [4.78, 5) is 28.5. The summed E-state index contributed by atoms with van der Waals surface area (Å²) in [5, 5.41) is 3.47. The van der Waals surface area contributed by atoms with Crippen molar-refractivity contribution in [3.63, 3.8) is 0 Å². The minimum absolute atomic E-state index is 0.110. The second kappa shape index (κ2) is 8.30. The third-order valence-corrected chi connectivity index (χ3v) is 4.39. The smallest absolute Gasteiger partial charge is 0.368 e. The van der Waals surface area contributed by atoms with Gasteiger partial charge in [0, 0.05) is 17.5 Å². The number of nitrogens with two attached hydrogens (primary N) is 1. The molecule has 150 valence electrons. The summed E-state index contributed by atoms with van der Waals surface area (Å²) in [6.07, 6.45) is -4.50. The van der Waals surface area contributed by atoms with E-state index < -0.39 is 29.6 Å². The molecule has 0 aliphatic carbocycles. The van der Waals surface area contributed by atoms with Gasteiger partial charge in [-0.05, 0) is 29.8 Å². The van der Waals surface area contributed by atoms with Crippen molar-refractivity contribution >= 4 is 22.7 Å². The Hall–Kier alpha value is -3.42. The van der Waals surface area contributed by atoms with Crippen molar-refractivity contribution in [3.8, 4) is 0 Å². The number of para-hydroxylation sites is 1. The zero-order chi connectivity index (χ0) is 21.0. The maximum Gasteiger partial charge on any atom is 0.416 e. The molecule has 1 heterocycles. The number of carbonyl (C=O) groups excluding carboxylic acids is 2. The Balaban J connectivity index is 1.66. The fourth-order valence-corrected chi connectivity index (χ4v) is 2.90. The molecule has 2 aromatic carbocycles. The summed E-state index contributed by atoms with van der Waals surface area (Å²) in [6.45, 7) is 0. The second-order valence-corrected chi connectivity index (χ2v) is 6.59. The number of rotatable bonds is 6. The van der Waals surface area contributed by atoms with Crippen LogP contribution in [0.5, 0.6) is 0 Å². The zero-order valence-corrected chi connectivity index (χ0v) is 15.2. The molecule has 2 amide bonds. The molecule has 3 N–H and O–H groups in total. The Labute approximate surface area is 164 Å². The molecule has 0 fully saturated rings. The first-order valence-corrected chi connectivity index (χ1v) is 8.82. The predicted octanol–water partition coefficient (Wildman–Crippen LogP) is 3.01. The molecule has 3 rings (SSSR count). The first-order chi connectivity index (χ1) is 13.7. The van der Waals surface area contributed by atoms with Crippen molar-refractivity contribution in [1.82, 2.24) is 10.3 Å². The molecule has 1 atom stereocenters. The lowest BCUT2D eigenvalue weighted by Crippen LogP contribution is -2.46. The molecule has 3 aromatic rings. The Morgan fingerprint density at radius 1 is 1.00 bits per heavy atom. The first kappa shape index (κ1) is 20.3. The topological polar surface area (TPSA) is 85.1 Å². The van der Waals surface area contributed by atoms with E-state index in [2.05, 4.69) is 10.3 Å². The van der Waals surface area contributed by atoms with E-state index in [1.54, 1.807) is 6.07 Å². The number of pyridine rings is 1. The minimum atomic E-state index is -4.44. The molecule has 0 bridgehead atoms. The molecule has 29 heavy (non-hydrogen) atoms. The number of nitrogens with one attached hydrogen (secondary N) is 1. The van der Waals surface area contributed by atoms with Crippen LogP contribution >= 0.6 is 0 Å². The molecule has 0 aliphatic heterocycles. The maximum atomic E-state index is 12.6. The third kappa shape index (κ3) is 5.31. The number of primary amides is 1. The highest BCUT2D eigenvalue weighted by atomic mass is 19.4. The van der Waals surface area contributed by atoms with Crippen molar-refractivity contribution in [1.29, 1.82) is 0 Å². The SMILES string of the molecule is NC(=O)[C@H](Cc1ccc2ccccc2n1)NC(=O)Cc1ccc(C(F)(F)F)cc1. The van der Waals surface area contributed by atoms with Crippen LogP contribution < -0.4 is 11.1 Å². The van der Waals surface area contributed by atoms with Gasteiger partial charge in [-0.3, -0.25) is 14.6 Å². The monoisotopic (exact) mass is 401 g/mol. The van der Waals surface area contributed by atoms with Gasteiger partial charge in [0.25, 0.3) is 0 Å². The van der Waals surface area contributed by atoms with Gasteiger partial charge in [0.05, 0.1) is 17.5 Å². The predicted molar refractivity (Wildman–Crippen MR) is 102 cm³/mol. The molecular weight excluding hydrogens is 383 g/mol. The van der Waals surface area contributed by atoms with E-state index in [4.69, 9.17) is 5.73 Å². The molecule has 0 spiro atoms. The van der Waals surface area contributed by atoms with Crippen LogP contribution in [0.4, 0.5) is 13.2 Å². The molecule has 5 nitrogen and oxygen atoms in total. The number of hydrogen-bond acceptors (Lipinski definition) is 3. The zero-order valence-electron chi connectivity index (χ0n) is 15.2. The van der Waals surface area contributed by atoms with Gasteiger partial charge in [0.2, 0.25) is 11.8 Å². The Kier molecular flexibility index (Phi) is 5.81. The van der Waals surface area contributed by atoms with E-state index in [-0.39, 0.29) is 12.8 Å². The summed E-state index contributed by atoms with van der Waals surface area (Å²) < 4.78 is 37.8. The van der Waals surface area contributed by atoms with Gasteiger partial charge in [0.15, 0.2) is 0 Å². The number of amides is 2. The van der Waals surface area contributed by atoms with E-state index in [1.165, 1.54) is 12.1 Å². The van der Waals surface area contributed by atoms with Crippen LogP contribution in [0, 0.1) is 0 Å². The van der Waals surface area contributed by atoms with Gasteiger partial charge in [-0.15, -0.1) is 0 Å². The number of nitrogens with zero attached hydrogens (tertiary/aromatic N) is 1. The van der Waals surface area contributed by atoms with Crippen LogP contribution in [0.2, 0.25) is 0 Å². The lowest BCUT2D eigenvalue weighted by atomic mass is 10.1. The number of fused-ring (bicyclic) bond motifs is 1. The van der Waals surface area contributed by atoms with Crippen LogP contribution in [0.25, 0.3) is 10.9 Å². The van der Waals surface area contributed by atoms with Crippen LogP contribution in [0.1, 0.15) is 16.8 Å². The first-order valence-electron chi connectivity index (χ1n) is 8.82. The average Bonchev–Trinajstić information content (AvgIpc) is 2.67. The van der Waals surface area contributed by atoms with Gasteiger partial charge in [0.1, 0.15) is 6.04 Å². The summed E-state index contributed by atoms with van der Waals surface area (Å²) in [6, 6.07) is 14.4. The third-order valence-electron chi connectivity index (χ3n) is 4.39. The second-order valence-electron chi connectivity index (χ2n) is 6.59. The highest BCUT2D eigenvalue weighted by Gasteiger charge is 2.30. The maximum absolute atomic E-state index is 12.6. The van der Waals surface area contributed by atoms with Crippen molar-refractivity contribution in [2.45, 2.75) is 25.1 Å². The Bertz CT molecular complexity index is 1030.